The van der Waals surface area contributed by atoms with Crippen LogP contribution in [0.1, 0.15) is 51.0 Å². The molecule has 0 aliphatic carbocycles. The average molecular weight is 594 g/mol. The van der Waals surface area contributed by atoms with Gasteiger partial charge < -0.3 is 29.5 Å². The Morgan fingerprint density at radius 1 is 0.977 bits per heavy atom. The number of hydrogen-bond donors (Lipinski definition) is 1. The van der Waals surface area contributed by atoms with E-state index in [1.807, 2.05) is 42.2 Å². The van der Waals surface area contributed by atoms with Crippen molar-refractivity contribution in [1.82, 2.24) is 25.1 Å². The van der Waals surface area contributed by atoms with E-state index in [1.54, 1.807) is 31.7 Å². The van der Waals surface area contributed by atoms with E-state index in [2.05, 4.69) is 15.3 Å². The molecule has 4 rings (SSSR count). The first-order valence-corrected chi connectivity index (χ1v) is 14.3. The van der Waals surface area contributed by atoms with E-state index in [9.17, 15) is 19.2 Å². The number of carbonyl (C=O) groups excluding carboxylic acids is 4. The van der Waals surface area contributed by atoms with Crippen LogP contribution in [0.4, 0.5) is 10.6 Å². The molecule has 13 heteroatoms. The van der Waals surface area contributed by atoms with Crippen LogP contribution >= 0.6 is 0 Å². The van der Waals surface area contributed by atoms with Crippen molar-refractivity contribution in [2.24, 2.45) is 4.99 Å². The monoisotopic (exact) mass is 593 g/mol. The first kappa shape index (κ1) is 31.4. The number of aromatic nitrogens is 2. The SMILES string of the molecule is COC(=O)N1CCN(C(=O)[C@H](CCC(=O)OC(C)(C)C)NC(=O)c2cc(N3CCN=C3C)nc(-c3ccccc3)n2)CC1. The lowest BCUT2D eigenvalue weighted by molar-refractivity contribution is -0.155. The zero-order chi connectivity index (χ0) is 31.1. The molecular formula is C30H39N7O6. The lowest BCUT2D eigenvalue weighted by Crippen LogP contribution is -2.56. The van der Waals surface area contributed by atoms with Gasteiger partial charge in [-0.3, -0.25) is 19.4 Å². The third-order valence-electron chi connectivity index (χ3n) is 6.99. The molecule has 2 aromatic rings. The molecule has 3 heterocycles. The summed E-state index contributed by atoms with van der Waals surface area (Å²) < 4.78 is 10.2. The van der Waals surface area contributed by atoms with E-state index in [-0.39, 0.29) is 50.6 Å². The van der Waals surface area contributed by atoms with Gasteiger partial charge in [0.05, 0.1) is 13.7 Å². The van der Waals surface area contributed by atoms with E-state index < -0.39 is 29.6 Å². The number of hydrogen-bond acceptors (Lipinski definition) is 10. The molecule has 0 saturated carbocycles. The molecule has 2 aliphatic heterocycles. The van der Waals surface area contributed by atoms with E-state index in [1.165, 1.54) is 12.0 Å². The highest BCUT2D eigenvalue weighted by Crippen LogP contribution is 2.22. The molecule has 3 amide bonds. The summed E-state index contributed by atoms with van der Waals surface area (Å²) in [6, 6.07) is 9.86. The van der Waals surface area contributed by atoms with Crippen LogP contribution in [0.3, 0.4) is 0 Å². The number of anilines is 1. The number of nitrogens with one attached hydrogen (secondary N) is 1. The highest BCUT2D eigenvalue weighted by atomic mass is 16.6. The second kappa shape index (κ2) is 13.6. The van der Waals surface area contributed by atoms with Gasteiger partial charge in [-0.1, -0.05) is 30.3 Å². The molecule has 0 unspecified atom stereocenters. The quantitative estimate of drug-likeness (QED) is 0.456. The molecule has 2 aliphatic rings. The van der Waals surface area contributed by atoms with Crippen molar-refractivity contribution in [3.05, 3.63) is 42.1 Å². The molecule has 1 atom stereocenters. The summed E-state index contributed by atoms with van der Waals surface area (Å²) in [7, 11) is 1.31. The topological polar surface area (TPSA) is 147 Å². The normalized spacial score (nSPS) is 15.9. The Kier molecular flexibility index (Phi) is 9.94. The van der Waals surface area contributed by atoms with Gasteiger partial charge in [0.25, 0.3) is 5.91 Å². The molecule has 1 aromatic carbocycles. The van der Waals surface area contributed by atoms with Crippen LogP contribution in [0.2, 0.25) is 0 Å². The zero-order valence-electron chi connectivity index (χ0n) is 25.3. The molecule has 0 bridgehead atoms. The molecule has 13 nitrogen and oxygen atoms in total. The Balaban J connectivity index is 1.58. The maximum atomic E-state index is 13.7. The Morgan fingerprint density at radius 2 is 1.65 bits per heavy atom. The number of carbonyl (C=O) groups is 4. The predicted molar refractivity (Wildman–Crippen MR) is 160 cm³/mol. The van der Waals surface area contributed by atoms with Crippen molar-refractivity contribution in [2.45, 2.75) is 52.2 Å². The lowest BCUT2D eigenvalue weighted by Gasteiger charge is -2.35. The van der Waals surface area contributed by atoms with E-state index >= 15 is 0 Å². The van der Waals surface area contributed by atoms with Gasteiger partial charge in [-0.15, -0.1) is 0 Å². The predicted octanol–water partition coefficient (Wildman–Crippen LogP) is 2.51. The van der Waals surface area contributed by atoms with Crippen LogP contribution in [0.25, 0.3) is 11.4 Å². The molecule has 0 radical (unpaired) electrons. The fourth-order valence-corrected chi connectivity index (χ4v) is 4.85. The van der Waals surface area contributed by atoms with E-state index in [4.69, 9.17) is 14.5 Å². The van der Waals surface area contributed by atoms with Crippen LogP contribution in [-0.2, 0) is 19.1 Å². The Bertz CT molecular complexity index is 1370. The highest BCUT2D eigenvalue weighted by Gasteiger charge is 2.32. The molecule has 43 heavy (non-hydrogen) atoms. The zero-order valence-corrected chi connectivity index (χ0v) is 25.3. The summed E-state index contributed by atoms with van der Waals surface area (Å²) in [5.74, 6) is 0.244. The second-order valence-electron chi connectivity index (χ2n) is 11.3. The van der Waals surface area contributed by atoms with E-state index in [0.717, 1.165) is 11.4 Å². The Hall–Kier alpha value is -4.55. The van der Waals surface area contributed by atoms with Crippen LogP contribution in [0, 0.1) is 0 Å². The summed E-state index contributed by atoms with van der Waals surface area (Å²) in [6.45, 7) is 9.50. The van der Waals surface area contributed by atoms with Crippen molar-refractivity contribution in [3.63, 3.8) is 0 Å². The average Bonchev–Trinajstić information content (AvgIpc) is 3.43. The molecule has 1 N–H and O–H groups in total. The smallest absolute Gasteiger partial charge is 0.409 e. The van der Waals surface area contributed by atoms with Gasteiger partial charge in [0.1, 0.15) is 29.0 Å². The standard InChI is InChI=1S/C30H39N7O6/c1-20-31-13-14-37(20)24-19-23(32-26(34-24)21-9-7-6-8-10-21)27(39)33-22(11-12-25(38)43-30(2,3)4)28(40)35-15-17-36(18-16-35)29(41)42-5/h6-10,19,22H,11-18H2,1-5H3,(H,33,39)/t22-/m0/s1. The summed E-state index contributed by atoms with van der Waals surface area (Å²) in [4.78, 5) is 70.5. The van der Waals surface area contributed by atoms with Crippen LogP contribution in [-0.4, -0.2) is 108 Å². The van der Waals surface area contributed by atoms with Gasteiger partial charge >= 0.3 is 12.1 Å². The van der Waals surface area contributed by atoms with Gasteiger partial charge in [0.15, 0.2) is 5.82 Å². The third-order valence-corrected chi connectivity index (χ3v) is 6.99. The van der Waals surface area contributed by atoms with Crippen LogP contribution < -0.4 is 10.2 Å². The van der Waals surface area contributed by atoms with Crippen molar-refractivity contribution >= 4 is 35.5 Å². The number of benzene rings is 1. The number of rotatable bonds is 8. The number of piperazine rings is 1. The Labute approximate surface area is 251 Å². The number of methoxy groups -OCH3 is 1. The van der Waals surface area contributed by atoms with Gasteiger partial charge in [-0.2, -0.15) is 0 Å². The number of aliphatic imine (C=N–C) groups is 1. The summed E-state index contributed by atoms with van der Waals surface area (Å²) in [6.07, 6.45) is -0.518. The molecular weight excluding hydrogens is 554 g/mol. The molecule has 1 aromatic heterocycles. The molecule has 230 valence electrons. The number of nitrogens with zero attached hydrogens (tertiary/aromatic N) is 6. The number of amides is 3. The highest BCUT2D eigenvalue weighted by molar-refractivity contribution is 6.00. The first-order valence-electron chi connectivity index (χ1n) is 14.3. The maximum Gasteiger partial charge on any atom is 0.409 e. The molecule has 0 spiro atoms. The van der Waals surface area contributed by atoms with E-state index in [0.29, 0.717) is 24.7 Å². The molecule has 1 fully saturated rings. The molecule has 1 saturated heterocycles. The fourth-order valence-electron chi connectivity index (χ4n) is 4.85. The largest absolute Gasteiger partial charge is 0.460 e. The summed E-state index contributed by atoms with van der Waals surface area (Å²) >= 11 is 0. The van der Waals surface area contributed by atoms with Gasteiger partial charge in [0.2, 0.25) is 5.91 Å². The number of ether oxygens (including phenoxy) is 2. The van der Waals surface area contributed by atoms with Crippen LogP contribution in [0.5, 0.6) is 0 Å². The van der Waals surface area contributed by atoms with Crippen molar-refractivity contribution < 1.29 is 28.7 Å². The number of amidine groups is 1. The summed E-state index contributed by atoms with van der Waals surface area (Å²) in [5, 5.41) is 2.82. The first-order chi connectivity index (χ1) is 20.4. The minimum Gasteiger partial charge on any atom is -0.460 e. The fraction of sp³-hybridized carbons (Fsp3) is 0.500. The van der Waals surface area contributed by atoms with Crippen molar-refractivity contribution in [2.75, 3.05) is 51.3 Å². The minimum atomic E-state index is -1.03. The van der Waals surface area contributed by atoms with Gasteiger partial charge in [0, 0.05) is 50.8 Å². The lowest BCUT2D eigenvalue weighted by atomic mass is 10.1. The second-order valence-corrected chi connectivity index (χ2v) is 11.3. The van der Waals surface area contributed by atoms with Crippen molar-refractivity contribution in [1.29, 1.82) is 0 Å². The van der Waals surface area contributed by atoms with Crippen molar-refractivity contribution in [3.8, 4) is 11.4 Å². The number of esters is 1. The third kappa shape index (κ3) is 8.27. The minimum absolute atomic E-state index is 0.0259. The maximum absolute atomic E-state index is 13.7. The van der Waals surface area contributed by atoms with Crippen LogP contribution in [0.15, 0.2) is 41.4 Å². The Morgan fingerprint density at radius 3 is 2.26 bits per heavy atom. The summed E-state index contributed by atoms with van der Waals surface area (Å²) in [5.41, 5.74) is 0.119. The van der Waals surface area contributed by atoms with Gasteiger partial charge in [-0.05, 0) is 34.1 Å². The van der Waals surface area contributed by atoms with Gasteiger partial charge in [-0.25, -0.2) is 14.8 Å².